The minimum absolute atomic E-state index is 0.185. The van der Waals surface area contributed by atoms with Crippen LogP contribution in [0, 0.1) is 0 Å². The second kappa shape index (κ2) is 4.34. The van der Waals surface area contributed by atoms with E-state index in [1.165, 1.54) is 23.9 Å². The molecule has 1 fully saturated rings. The molecule has 1 aliphatic carbocycles. The van der Waals surface area contributed by atoms with Gasteiger partial charge >= 0.3 is 0 Å². The molecule has 1 heterocycles. The van der Waals surface area contributed by atoms with Crippen LogP contribution in [0.25, 0.3) is 11.0 Å². The predicted molar refractivity (Wildman–Crippen MR) is 79.3 cm³/mol. The first kappa shape index (κ1) is 12.7. The average molecular weight is 257 g/mol. The third kappa shape index (κ3) is 2.52. The Labute approximate surface area is 115 Å². The number of hydrogen-bond acceptors (Lipinski definition) is 2. The van der Waals surface area contributed by atoms with Gasteiger partial charge in [-0.15, -0.1) is 0 Å². The van der Waals surface area contributed by atoms with Crippen LogP contribution >= 0.6 is 0 Å². The number of rotatable bonds is 3. The maximum absolute atomic E-state index is 4.74. The van der Waals surface area contributed by atoms with Gasteiger partial charge in [0.25, 0.3) is 0 Å². The van der Waals surface area contributed by atoms with Gasteiger partial charge in [0.05, 0.1) is 17.6 Å². The monoisotopic (exact) mass is 257 g/mol. The maximum Gasteiger partial charge on any atom is 0.123 e. The van der Waals surface area contributed by atoms with Crippen molar-refractivity contribution in [3.63, 3.8) is 0 Å². The zero-order valence-corrected chi connectivity index (χ0v) is 12.3. The van der Waals surface area contributed by atoms with Crippen LogP contribution in [0.1, 0.15) is 45.0 Å². The summed E-state index contributed by atoms with van der Waals surface area (Å²) in [6.07, 6.45) is 2.64. The summed E-state index contributed by atoms with van der Waals surface area (Å²) < 4.78 is 2.22. The van der Waals surface area contributed by atoms with Crippen molar-refractivity contribution in [2.45, 2.75) is 51.6 Å². The van der Waals surface area contributed by atoms with Crippen LogP contribution in [0.2, 0.25) is 0 Å². The molecule has 3 nitrogen and oxygen atoms in total. The van der Waals surface area contributed by atoms with Gasteiger partial charge in [-0.2, -0.15) is 0 Å². The van der Waals surface area contributed by atoms with E-state index < -0.39 is 0 Å². The molecule has 2 aromatic rings. The molecule has 1 aromatic heterocycles. The third-order valence-corrected chi connectivity index (χ3v) is 3.97. The summed E-state index contributed by atoms with van der Waals surface area (Å²) in [6.45, 7) is 7.63. The fourth-order valence-electron chi connectivity index (χ4n) is 2.39. The number of nitrogens with one attached hydrogen (secondary N) is 1. The molecule has 1 saturated carbocycles. The molecular weight excluding hydrogens is 234 g/mol. The smallest absolute Gasteiger partial charge is 0.123 e. The molecule has 0 spiro atoms. The number of fused-ring (bicyclic) bond motifs is 1. The Morgan fingerprint density at radius 1 is 1.32 bits per heavy atom. The molecular formula is C16H23N3. The SMILES string of the molecule is Cn1c(CNC2CC2)nc2ccc(C(C)(C)C)cc21. The zero-order chi connectivity index (χ0) is 13.6. The molecule has 0 bridgehead atoms. The first-order valence-corrected chi connectivity index (χ1v) is 7.14. The third-order valence-electron chi connectivity index (χ3n) is 3.97. The minimum Gasteiger partial charge on any atom is -0.330 e. The molecule has 0 aliphatic heterocycles. The number of benzene rings is 1. The molecule has 3 heteroatoms. The summed E-state index contributed by atoms with van der Waals surface area (Å²) in [5.41, 5.74) is 3.89. The average Bonchev–Trinajstić information content (AvgIpc) is 3.11. The highest BCUT2D eigenvalue weighted by molar-refractivity contribution is 5.77. The predicted octanol–water partition coefficient (Wildman–Crippen LogP) is 3.12. The number of hydrogen-bond donors (Lipinski definition) is 1. The summed E-state index contributed by atoms with van der Waals surface area (Å²) in [6, 6.07) is 7.36. The van der Waals surface area contributed by atoms with Crippen molar-refractivity contribution in [2.75, 3.05) is 0 Å². The van der Waals surface area contributed by atoms with E-state index >= 15 is 0 Å². The molecule has 3 rings (SSSR count). The molecule has 0 amide bonds. The van der Waals surface area contributed by atoms with Gasteiger partial charge in [-0.1, -0.05) is 26.8 Å². The van der Waals surface area contributed by atoms with Crippen LogP contribution in [-0.2, 0) is 19.0 Å². The summed E-state index contributed by atoms with van der Waals surface area (Å²) in [5.74, 6) is 1.13. The number of nitrogens with zero attached hydrogens (tertiary/aromatic N) is 2. The lowest BCUT2D eigenvalue weighted by molar-refractivity contribution is 0.590. The van der Waals surface area contributed by atoms with Gasteiger partial charge in [0, 0.05) is 13.1 Å². The Bertz CT molecular complexity index is 600. The lowest BCUT2D eigenvalue weighted by Gasteiger charge is -2.18. The number of aromatic nitrogens is 2. The fourth-order valence-corrected chi connectivity index (χ4v) is 2.39. The quantitative estimate of drug-likeness (QED) is 0.915. The first-order valence-electron chi connectivity index (χ1n) is 7.14. The molecule has 0 unspecified atom stereocenters. The normalized spacial score (nSPS) is 16.2. The largest absolute Gasteiger partial charge is 0.330 e. The molecule has 0 radical (unpaired) electrons. The van der Waals surface area contributed by atoms with Crippen molar-refractivity contribution in [3.8, 4) is 0 Å². The standard InChI is InChI=1S/C16H23N3/c1-16(2,3)11-5-8-13-14(9-11)19(4)15(18-13)10-17-12-6-7-12/h5,8-9,12,17H,6-7,10H2,1-4H3. The van der Waals surface area contributed by atoms with E-state index in [2.05, 4.69) is 55.9 Å². The molecule has 1 aromatic carbocycles. The topological polar surface area (TPSA) is 29.9 Å². The highest BCUT2D eigenvalue weighted by Gasteiger charge is 2.21. The summed E-state index contributed by atoms with van der Waals surface area (Å²) in [4.78, 5) is 4.74. The molecule has 1 aliphatic rings. The van der Waals surface area contributed by atoms with Crippen LogP contribution < -0.4 is 5.32 Å². The lowest BCUT2D eigenvalue weighted by Crippen LogP contribution is -2.18. The van der Waals surface area contributed by atoms with Gasteiger partial charge in [0.2, 0.25) is 0 Å². The fraction of sp³-hybridized carbons (Fsp3) is 0.562. The Morgan fingerprint density at radius 2 is 2.05 bits per heavy atom. The molecule has 0 atom stereocenters. The second-order valence-corrected chi connectivity index (χ2v) is 6.70. The Morgan fingerprint density at radius 3 is 2.68 bits per heavy atom. The lowest BCUT2D eigenvalue weighted by atomic mass is 9.87. The van der Waals surface area contributed by atoms with Crippen LogP contribution in [0.15, 0.2) is 18.2 Å². The van der Waals surface area contributed by atoms with E-state index in [1.807, 2.05) is 0 Å². The van der Waals surface area contributed by atoms with Crippen LogP contribution in [0.4, 0.5) is 0 Å². The minimum atomic E-state index is 0.185. The Hall–Kier alpha value is -1.35. The number of aryl methyl sites for hydroxylation is 1. The van der Waals surface area contributed by atoms with Crippen molar-refractivity contribution >= 4 is 11.0 Å². The Kier molecular flexibility index (Phi) is 2.90. The van der Waals surface area contributed by atoms with Crippen molar-refractivity contribution < 1.29 is 0 Å². The van der Waals surface area contributed by atoms with Gasteiger partial charge < -0.3 is 9.88 Å². The summed E-state index contributed by atoms with van der Waals surface area (Å²) in [7, 11) is 2.12. The van der Waals surface area contributed by atoms with Crippen LogP contribution in [0.5, 0.6) is 0 Å². The maximum atomic E-state index is 4.74. The molecule has 1 N–H and O–H groups in total. The second-order valence-electron chi connectivity index (χ2n) is 6.70. The van der Waals surface area contributed by atoms with E-state index in [0.717, 1.165) is 23.9 Å². The van der Waals surface area contributed by atoms with Crippen molar-refractivity contribution in [1.29, 1.82) is 0 Å². The van der Waals surface area contributed by atoms with E-state index in [4.69, 9.17) is 4.98 Å². The van der Waals surface area contributed by atoms with Crippen molar-refractivity contribution in [1.82, 2.24) is 14.9 Å². The van der Waals surface area contributed by atoms with E-state index in [-0.39, 0.29) is 5.41 Å². The van der Waals surface area contributed by atoms with E-state index in [1.54, 1.807) is 0 Å². The van der Waals surface area contributed by atoms with Gasteiger partial charge in [-0.3, -0.25) is 0 Å². The zero-order valence-electron chi connectivity index (χ0n) is 12.3. The van der Waals surface area contributed by atoms with Crippen molar-refractivity contribution in [3.05, 3.63) is 29.6 Å². The molecule has 102 valence electrons. The van der Waals surface area contributed by atoms with Gasteiger partial charge in [0.15, 0.2) is 0 Å². The van der Waals surface area contributed by atoms with Gasteiger partial charge in [0.1, 0.15) is 5.82 Å². The first-order chi connectivity index (χ1) is 8.95. The van der Waals surface area contributed by atoms with Crippen LogP contribution in [-0.4, -0.2) is 15.6 Å². The van der Waals surface area contributed by atoms with Gasteiger partial charge in [-0.25, -0.2) is 4.98 Å². The highest BCUT2D eigenvalue weighted by Crippen LogP contribution is 2.26. The van der Waals surface area contributed by atoms with Crippen molar-refractivity contribution in [2.24, 2.45) is 7.05 Å². The van der Waals surface area contributed by atoms with E-state index in [9.17, 15) is 0 Å². The van der Waals surface area contributed by atoms with E-state index in [0.29, 0.717) is 0 Å². The van der Waals surface area contributed by atoms with Gasteiger partial charge in [-0.05, 0) is 36.0 Å². The van der Waals surface area contributed by atoms with Crippen LogP contribution in [0.3, 0.4) is 0 Å². The number of imidazole rings is 1. The highest BCUT2D eigenvalue weighted by atomic mass is 15.1. The Balaban J connectivity index is 1.95. The molecule has 0 saturated heterocycles. The summed E-state index contributed by atoms with van der Waals surface area (Å²) >= 11 is 0. The molecule has 19 heavy (non-hydrogen) atoms. The summed E-state index contributed by atoms with van der Waals surface area (Å²) in [5, 5.41) is 3.54.